The fourth-order valence-electron chi connectivity index (χ4n) is 1.17. The highest BCUT2D eigenvalue weighted by molar-refractivity contribution is 5.58. The zero-order chi connectivity index (χ0) is 9.26. The van der Waals surface area contributed by atoms with Crippen molar-refractivity contribution in [1.29, 1.82) is 0 Å². The van der Waals surface area contributed by atoms with Crippen LogP contribution in [0, 0.1) is 0 Å². The Balaban J connectivity index is 2.15. The first-order chi connectivity index (χ1) is 6.29. The van der Waals surface area contributed by atoms with Crippen molar-refractivity contribution in [2.45, 2.75) is 6.17 Å². The Morgan fingerprint density at radius 1 is 1.69 bits per heavy atom. The second-order valence-electron chi connectivity index (χ2n) is 2.66. The zero-order valence-corrected chi connectivity index (χ0v) is 6.88. The van der Waals surface area contributed by atoms with E-state index in [-0.39, 0.29) is 6.17 Å². The molecule has 2 atom stereocenters. The van der Waals surface area contributed by atoms with Gasteiger partial charge in [0.1, 0.15) is 0 Å². The normalized spacial score (nSPS) is 31.2. The van der Waals surface area contributed by atoms with Crippen LogP contribution in [0.15, 0.2) is 29.3 Å². The lowest BCUT2D eigenvalue weighted by Gasteiger charge is -2.32. The number of rotatable bonds is 1. The summed E-state index contributed by atoms with van der Waals surface area (Å²) in [6.07, 6.45) is 6.32. The fraction of sp³-hybridized carbons (Fsp3) is 0.167. The molecule has 0 amide bonds. The van der Waals surface area contributed by atoms with Gasteiger partial charge in [-0.3, -0.25) is 0 Å². The van der Waals surface area contributed by atoms with E-state index in [1.54, 1.807) is 29.9 Å². The Bertz CT molecular complexity index is 281. The molecule has 0 aromatic rings. The zero-order valence-electron chi connectivity index (χ0n) is 6.88. The lowest BCUT2D eigenvalue weighted by atomic mass is 10.3. The molecule has 7 heteroatoms. The topological polar surface area (TPSA) is 98.2 Å². The van der Waals surface area contributed by atoms with Gasteiger partial charge >= 0.3 is 0 Å². The summed E-state index contributed by atoms with van der Waals surface area (Å²) in [6.45, 7) is 0. The van der Waals surface area contributed by atoms with Crippen molar-refractivity contribution in [3.8, 4) is 0 Å². The van der Waals surface area contributed by atoms with Crippen molar-refractivity contribution >= 4 is 6.34 Å². The van der Waals surface area contributed by atoms with Crippen molar-refractivity contribution < 1.29 is 5.23 Å². The van der Waals surface area contributed by atoms with E-state index in [9.17, 15) is 0 Å². The Hall–Kier alpha value is -1.73. The van der Waals surface area contributed by atoms with E-state index in [4.69, 9.17) is 11.6 Å². The molecule has 2 unspecified atom stereocenters. The van der Waals surface area contributed by atoms with Crippen LogP contribution in [0.3, 0.4) is 0 Å². The predicted molar refractivity (Wildman–Crippen MR) is 47.2 cm³/mol. The first-order valence-corrected chi connectivity index (χ1v) is 3.80. The lowest BCUT2D eigenvalue weighted by Crippen LogP contribution is -3.18. The summed E-state index contributed by atoms with van der Waals surface area (Å²) >= 11 is 0. The SMILES string of the molecule is NC1=CNC=NC1N1C=C[N-][NH+]1N. The van der Waals surface area contributed by atoms with Crippen LogP contribution >= 0.6 is 0 Å². The summed E-state index contributed by atoms with van der Waals surface area (Å²) in [4.78, 5) is 4.13. The Morgan fingerprint density at radius 3 is 3.15 bits per heavy atom. The van der Waals surface area contributed by atoms with E-state index < -0.39 is 0 Å². The third-order valence-electron chi connectivity index (χ3n) is 1.80. The molecular weight excluding hydrogens is 170 g/mol. The molecule has 2 aliphatic heterocycles. The molecule has 2 heterocycles. The van der Waals surface area contributed by atoms with Crippen LogP contribution in [0.25, 0.3) is 5.43 Å². The number of nitrogens with one attached hydrogen (secondary N) is 2. The minimum absolute atomic E-state index is 0.274. The minimum Gasteiger partial charge on any atom is -0.447 e. The second kappa shape index (κ2) is 2.96. The van der Waals surface area contributed by atoms with Gasteiger partial charge in [-0.1, -0.05) is 0 Å². The van der Waals surface area contributed by atoms with Gasteiger partial charge in [0.2, 0.25) is 6.17 Å². The summed E-state index contributed by atoms with van der Waals surface area (Å²) in [5, 5.41) is 4.89. The fourth-order valence-corrected chi connectivity index (χ4v) is 1.17. The molecule has 0 radical (unpaired) electrons. The molecule has 2 aliphatic rings. The van der Waals surface area contributed by atoms with E-state index in [2.05, 4.69) is 15.7 Å². The maximum Gasteiger partial charge on any atom is 0.211 e. The van der Waals surface area contributed by atoms with Gasteiger partial charge in [-0.05, 0) is 0 Å². The van der Waals surface area contributed by atoms with E-state index in [1.165, 1.54) is 0 Å². The van der Waals surface area contributed by atoms with Crippen molar-refractivity contribution in [1.82, 2.24) is 10.3 Å². The van der Waals surface area contributed by atoms with Gasteiger partial charge in [0.05, 0.1) is 12.0 Å². The largest absolute Gasteiger partial charge is 0.447 e. The number of nitrogens with zero attached hydrogens (tertiary/aromatic N) is 3. The van der Waals surface area contributed by atoms with Crippen LogP contribution in [0.1, 0.15) is 0 Å². The van der Waals surface area contributed by atoms with Gasteiger partial charge in [0, 0.05) is 12.4 Å². The van der Waals surface area contributed by atoms with Crippen molar-refractivity contribution in [2.75, 3.05) is 0 Å². The third kappa shape index (κ3) is 1.30. The molecular formula is C6H11N7. The number of quaternary nitrogens is 1. The van der Waals surface area contributed by atoms with Gasteiger partial charge in [0.15, 0.2) is 0 Å². The predicted octanol–water partition coefficient (Wildman–Crippen LogP) is -2.51. The quantitative estimate of drug-likeness (QED) is 0.336. The molecule has 13 heavy (non-hydrogen) atoms. The van der Waals surface area contributed by atoms with Crippen LogP contribution in [-0.4, -0.2) is 17.5 Å². The second-order valence-corrected chi connectivity index (χ2v) is 2.66. The van der Waals surface area contributed by atoms with E-state index in [1.807, 2.05) is 0 Å². The summed E-state index contributed by atoms with van der Waals surface area (Å²) in [5.41, 5.74) is 10.2. The highest BCUT2D eigenvalue weighted by Crippen LogP contribution is 2.08. The molecule has 6 N–H and O–H groups in total. The highest BCUT2D eigenvalue weighted by atomic mass is 15.9. The standard InChI is InChI=1S/C6H11N7/c7-5-3-9-4-10-6(5)12-2-1-11-13(12)8/h1-4,6,13H,7-8H2,(H,9,10). The summed E-state index contributed by atoms with van der Waals surface area (Å²) in [7, 11) is 0. The van der Waals surface area contributed by atoms with Crippen molar-refractivity contribution in [3.63, 3.8) is 0 Å². The van der Waals surface area contributed by atoms with Gasteiger partial charge in [-0.2, -0.15) is 16.1 Å². The molecule has 0 spiro atoms. The van der Waals surface area contributed by atoms with Gasteiger partial charge < -0.3 is 16.5 Å². The highest BCUT2D eigenvalue weighted by Gasteiger charge is 2.24. The van der Waals surface area contributed by atoms with Crippen LogP contribution in [0.5, 0.6) is 0 Å². The van der Waals surface area contributed by atoms with Crippen molar-refractivity contribution in [2.24, 2.45) is 16.6 Å². The van der Waals surface area contributed by atoms with Crippen LogP contribution in [0.2, 0.25) is 0 Å². The smallest absolute Gasteiger partial charge is 0.211 e. The maximum absolute atomic E-state index is 5.72. The molecule has 0 aliphatic carbocycles. The molecule has 70 valence electrons. The molecule has 0 saturated heterocycles. The molecule has 7 nitrogen and oxygen atoms in total. The summed E-state index contributed by atoms with van der Waals surface area (Å²) < 4.78 is 0. The maximum atomic E-state index is 5.72. The van der Waals surface area contributed by atoms with Crippen LogP contribution in [0.4, 0.5) is 0 Å². The molecule has 0 saturated carbocycles. The Labute approximate surface area is 75.3 Å². The van der Waals surface area contributed by atoms with E-state index in [0.717, 1.165) is 0 Å². The number of hydrogen-bond donors (Lipinski definition) is 4. The Morgan fingerprint density at radius 2 is 2.54 bits per heavy atom. The monoisotopic (exact) mass is 181 g/mol. The van der Waals surface area contributed by atoms with Crippen molar-refractivity contribution in [3.05, 3.63) is 29.7 Å². The number of nitrogens with two attached hydrogens (primary N) is 2. The van der Waals surface area contributed by atoms with Crippen LogP contribution < -0.4 is 22.1 Å². The summed E-state index contributed by atoms with van der Waals surface area (Å²) in [5.74, 6) is 5.61. The third-order valence-corrected chi connectivity index (χ3v) is 1.80. The minimum atomic E-state index is -0.274. The average molecular weight is 181 g/mol. The number of aliphatic imine (C=N–C) groups is 1. The average Bonchev–Trinajstić information content (AvgIpc) is 2.52. The first kappa shape index (κ1) is 7.90. The summed E-state index contributed by atoms with van der Waals surface area (Å²) in [6, 6.07) is 0. The first-order valence-electron chi connectivity index (χ1n) is 3.80. The lowest BCUT2D eigenvalue weighted by molar-refractivity contribution is -0.982. The van der Waals surface area contributed by atoms with Gasteiger partial charge in [-0.25, -0.2) is 4.99 Å². The van der Waals surface area contributed by atoms with Gasteiger partial charge in [-0.15, -0.1) is 6.20 Å². The number of hydrogen-bond acceptors (Lipinski definition) is 5. The molecule has 0 aromatic heterocycles. The van der Waals surface area contributed by atoms with Gasteiger partial charge in [0.25, 0.3) is 0 Å². The van der Waals surface area contributed by atoms with Crippen LogP contribution in [-0.2, 0) is 0 Å². The molecule has 0 aromatic carbocycles. The molecule has 0 fully saturated rings. The van der Waals surface area contributed by atoms with E-state index in [0.29, 0.717) is 10.9 Å². The molecule has 2 rings (SSSR count). The van der Waals surface area contributed by atoms with E-state index >= 15 is 0 Å². The Kier molecular flexibility index (Phi) is 1.80. The molecule has 0 bridgehead atoms.